The van der Waals surface area contributed by atoms with Gasteiger partial charge in [-0.3, -0.25) is 4.79 Å². The second-order valence-corrected chi connectivity index (χ2v) is 8.05. The van der Waals surface area contributed by atoms with E-state index in [0.29, 0.717) is 28.1 Å². The van der Waals surface area contributed by atoms with E-state index in [-0.39, 0.29) is 5.60 Å². The molecule has 0 saturated carbocycles. The summed E-state index contributed by atoms with van der Waals surface area (Å²) in [6, 6.07) is 3.33. The van der Waals surface area contributed by atoms with Crippen molar-refractivity contribution in [3.05, 3.63) is 33.2 Å². The highest BCUT2D eigenvalue weighted by molar-refractivity contribution is 6.32. The van der Waals surface area contributed by atoms with Crippen molar-refractivity contribution in [3.63, 3.8) is 0 Å². The van der Waals surface area contributed by atoms with Crippen LogP contribution in [0.3, 0.4) is 0 Å². The monoisotopic (exact) mass is 384 g/mol. The zero-order chi connectivity index (χ0) is 20.3. The van der Waals surface area contributed by atoms with E-state index < -0.39 is 17.4 Å². The van der Waals surface area contributed by atoms with E-state index in [1.54, 1.807) is 39.8 Å². The van der Waals surface area contributed by atoms with Crippen molar-refractivity contribution < 1.29 is 19.1 Å². The summed E-state index contributed by atoms with van der Waals surface area (Å²) in [5, 5.41) is 0.490. The van der Waals surface area contributed by atoms with Crippen molar-refractivity contribution in [2.75, 3.05) is 0 Å². The Balaban J connectivity index is 0.000000412. The minimum absolute atomic E-state index is 0.318. The predicted molar refractivity (Wildman–Crippen MR) is 101 cm³/mol. The molecule has 0 unspecified atom stereocenters. The Morgan fingerprint density at radius 2 is 1.73 bits per heavy atom. The second kappa shape index (κ2) is 7.95. The number of nitrogens with zero attached hydrogens (tertiary/aromatic N) is 1. The number of imidazole rings is 1. The van der Waals surface area contributed by atoms with Crippen LogP contribution in [0.1, 0.15) is 47.1 Å². The fourth-order valence-corrected chi connectivity index (χ4v) is 2.12. The van der Waals surface area contributed by atoms with E-state index in [2.05, 4.69) is 9.72 Å². The summed E-state index contributed by atoms with van der Waals surface area (Å²) in [6.45, 7) is 12.9. The smallest absolute Gasteiger partial charge is 0.423 e. The van der Waals surface area contributed by atoms with Crippen LogP contribution in [0, 0.1) is 6.92 Å². The fraction of sp³-hybridized carbons (Fsp3) is 0.500. The maximum Gasteiger partial charge on any atom is 0.423 e. The Hall–Kier alpha value is -2.28. The van der Waals surface area contributed by atoms with E-state index in [4.69, 9.17) is 16.3 Å². The van der Waals surface area contributed by atoms with E-state index in [1.165, 1.54) is 0 Å². The van der Waals surface area contributed by atoms with Crippen LogP contribution in [0.25, 0.3) is 11.0 Å². The number of ether oxygens (including phenoxy) is 2. The van der Waals surface area contributed by atoms with Gasteiger partial charge in [-0.25, -0.2) is 9.59 Å². The molecule has 0 fully saturated rings. The summed E-state index contributed by atoms with van der Waals surface area (Å²) < 4.78 is 10.7. The first-order valence-corrected chi connectivity index (χ1v) is 8.39. The van der Waals surface area contributed by atoms with Gasteiger partial charge >= 0.3 is 11.8 Å². The van der Waals surface area contributed by atoms with Crippen molar-refractivity contribution in [1.29, 1.82) is 0 Å². The van der Waals surface area contributed by atoms with Gasteiger partial charge in [-0.05, 0) is 66.2 Å². The third-order valence-corrected chi connectivity index (χ3v) is 3.42. The Morgan fingerprint density at radius 1 is 1.15 bits per heavy atom. The highest BCUT2D eigenvalue weighted by Crippen LogP contribution is 2.24. The Bertz CT molecular complexity index is 853. The molecule has 1 N–H and O–H groups in total. The molecule has 0 aliphatic carbocycles. The lowest BCUT2D eigenvalue weighted by Crippen LogP contribution is -2.32. The zero-order valence-electron chi connectivity index (χ0n) is 16.1. The number of benzene rings is 1. The minimum Gasteiger partial charge on any atom is -0.462 e. The molecule has 2 aromatic rings. The van der Waals surface area contributed by atoms with Crippen molar-refractivity contribution in [3.8, 4) is 0 Å². The largest absolute Gasteiger partial charge is 0.462 e. The molecule has 1 aromatic carbocycles. The molecule has 0 atom stereocenters. The standard InChI is InChI=1S/C13H15ClN2O3.C5H10O2/c1-7-8(14)5-6-9-10(7)16(11(17)15-9)12(18)19-13(2,3)4;1-5(2,3)7-4-6/h5-6H,1-4H3,(H,15,17);4H,1-3H3. The van der Waals surface area contributed by atoms with Crippen LogP contribution in [0.15, 0.2) is 16.9 Å². The number of H-pyrrole nitrogens is 1. The average Bonchev–Trinajstić information content (AvgIpc) is 2.77. The summed E-state index contributed by atoms with van der Waals surface area (Å²) in [7, 11) is 0. The van der Waals surface area contributed by atoms with Gasteiger partial charge in [0.05, 0.1) is 11.0 Å². The van der Waals surface area contributed by atoms with Crippen molar-refractivity contribution in [1.82, 2.24) is 9.55 Å². The molecule has 7 nitrogen and oxygen atoms in total. The molecule has 1 heterocycles. The zero-order valence-corrected chi connectivity index (χ0v) is 16.9. The first-order chi connectivity index (χ1) is 11.8. The average molecular weight is 385 g/mol. The number of aromatic nitrogens is 2. The van der Waals surface area contributed by atoms with Crippen molar-refractivity contribution in [2.45, 2.75) is 59.7 Å². The number of nitrogens with one attached hydrogen (secondary N) is 1. The molecule has 26 heavy (non-hydrogen) atoms. The van der Waals surface area contributed by atoms with Crippen LogP contribution in [0.5, 0.6) is 0 Å². The molecular weight excluding hydrogens is 360 g/mol. The van der Waals surface area contributed by atoms with Gasteiger partial charge in [-0.2, -0.15) is 4.57 Å². The summed E-state index contributed by atoms with van der Waals surface area (Å²) in [4.78, 5) is 36.2. The quantitative estimate of drug-likeness (QED) is 0.749. The van der Waals surface area contributed by atoms with Crippen LogP contribution < -0.4 is 5.69 Å². The maximum absolute atomic E-state index is 12.1. The lowest BCUT2D eigenvalue weighted by molar-refractivity contribution is -0.138. The fourth-order valence-electron chi connectivity index (χ4n) is 1.96. The van der Waals surface area contributed by atoms with Gasteiger partial charge in [0.25, 0.3) is 6.47 Å². The third kappa shape index (κ3) is 5.91. The van der Waals surface area contributed by atoms with Crippen molar-refractivity contribution in [2.24, 2.45) is 0 Å². The van der Waals surface area contributed by atoms with Gasteiger partial charge in [-0.15, -0.1) is 0 Å². The molecule has 0 spiro atoms. The number of carbonyl (C=O) groups excluding carboxylic acids is 2. The minimum atomic E-state index is -0.714. The molecule has 0 bridgehead atoms. The van der Waals surface area contributed by atoms with Gasteiger partial charge < -0.3 is 14.5 Å². The maximum atomic E-state index is 12.1. The molecule has 0 amide bonds. The topological polar surface area (TPSA) is 90.4 Å². The Kier molecular flexibility index (Phi) is 6.65. The lowest BCUT2D eigenvalue weighted by atomic mass is 10.2. The normalized spacial score (nSPS) is 11.5. The van der Waals surface area contributed by atoms with Gasteiger partial charge in [0.15, 0.2) is 0 Å². The van der Waals surface area contributed by atoms with Gasteiger partial charge in [-0.1, -0.05) is 11.6 Å². The molecule has 2 rings (SSSR count). The SMILES string of the molecule is CC(C)(C)OC=O.Cc1c(Cl)ccc2[nH]c(=O)n(C(=O)OC(C)(C)C)c12. The second-order valence-electron chi connectivity index (χ2n) is 7.64. The number of rotatable bonds is 1. The number of hydrogen-bond acceptors (Lipinski definition) is 5. The van der Waals surface area contributed by atoms with Crippen LogP contribution in [0.4, 0.5) is 4.79 Å². The van der Waals surface area contributed by atoms with E-state index in [9.17, 15) is 14.4 Å². The first-order valence-electron chi connectivity index (χ1n) is 8.01. The lowest BCUT2D eigenvalue weighted by Gasteiger charge is -2.19. The predicted octanol–water partition coefficient (Wildman–Crippen LogP) is 4.03. The van der Waals surface area contributed by atoms with Crippen LogP contribution in [0.2, 0.25) is 5.02 Å². The van der Waals surface area contributed by atoms with Crippen LogP contribution in [-0.2, 0) is 14.3 Å². The molecule has 8 heteroatoms. The summed E-state index contributed by atoms with van der Waals surface area (Å²) in [5.74, 6) is 0. The first kappa shape index (κ1) is 21.8. The molecule has 1 aromatic heterocycles. The molecule has 0 saturated heterocycles. The summed E-state index contributed by atoms with van der Waals surface area (Å²) >= 11 is 6.03. The van der Waals surface area contributed by atoms with Crippen LogP contribution in [-0.4, -0.2) is 33.3 Å². The van der Waals surface area contributed by atoms with Crippen LogP contribution >= 0.6 is 11.6 Å². The Morgan fingerprint density at radius 3 is 2.15 bits per heavy atom. The molecule has 144 valence electrons. The number of aromatic amines is 1. The highest BCUT2D eigenvalue weighted by atomic mass is 35.5. The molecule has 0 radical (unpaired) electrons. The third-order valence-electron chi connectivity index (χ3n) is 3.01. The van der Waals surface area contributed by atoms with Crippen molar-refractivity contribution >= 4 is 35.2 Å². The van der Waals surface area contributed by atoms with Gasteiger partial charge in [0.2, 0.25) is 0 Å². The number of carbonyl (C=O) groups is 2. The van der Waals surface area contributed by atoms with Gasteiger partial charge in [0, 0.05) is 5.02 Å². The summed E-state index contributed by atoms with van der Waals surface area (Å²) in [6.07, 6.45) is -0.714. The highest BCUT2D eigenvalue weighted by Gasteiger charge is 2.23. The Labute approximate surface area is 157 Å². The van der Waals surface area contributed by atoms with E-state index in [0.717, 1.165) is 4.57 Å². The summed E-state index contributed by atoms with van der Waals surface area (Å²) in [5.41, 5.74) is 0.136. The number of hydrogen-bond donors (Lipinski definition) is 1. The number of halogens is 1. The van der Waals surface area contributed by atoms with E-state index in [1.807, 2.05) is 20.8 Å². The molecule has 0 aliphatic rings. The number of fused-ring (bicyclic) bond motifs is 1. The molecule has 0 aliphatic heterocycles. The van der Waals surface area contributed by atoms with E-state index >= 15 is 0 Å². The van der Waals surface area contributed by atoms with Gasteiger partial charge in [0.1, 0.15) is 11.2 Å². The molecular formula is C18H25ClN2O5. The number of aryl methyl sites for hydroxylation is 1.